The van der Waals surface area contributed by atoms with E-state index < -0.39 is 11.7 Å². The number of hydrogen-bond donors (Lipinski definition) is 2. The number of hydrogen-bond acceptors (Lipinski definition) is 4. The monoisotopic (exact) mass is 395 g/mol. The molecule has 2 N–H and O–H groups in total. The highest BCUT2D eigenvalue weighted by Crippen LogP contribution is 2.23. The van der Waals surface area contributed by atoms with E-state index in [4.69, 9.17) is 4.74 Å². The topological polar surface area (TPSA) is 70.7 Å². The summed E-state index contributed by atoms with van der Waals surface area (Å²) in [6, 6.07) is 17.0. The van der Waals surface area contributed by atoms with E-state index in [0.29, 0.717) is 18.5 Å². The van der Waals surface area contributed by atoms with Gasteiger partial charge in [-0.25, -0.2) is 4.79 Å². The molecule has 6 heteroatoms. The summed E-state index contributed by atoms with van der Waals surface area (Å²) < 4.78 is 5.49. The average molecular weight is 396 g/mol. The largest absolute Gasteiger partial charge is 0.444 e. The third-order valence-corrected chi connectivity index (χ3v) is 4.80. The van der Waals surface area contributed by atoms with Gasteiger partial charge in [0.2, 0.25) is 0 Å². The van der Waals surface area contributed by atoms with Crippen LogP contribution < -0.4 is 10.6 Å². The maximum absolute atomic E-state index is 12.7. The number of likely N-dealkylation sites (N-methyl/N-ethyl adjacent to an activating group) is 1. The van der Waals surface area contributed by atoms with Gasteiger partial charge in [0.15, 0.2) is 0 Å². The van der Waals surface area contributed by atoms with E-state index in [0.717, 1.165) is 11.3 Å². The Morgan fingerprint density at radius 3 is 2.52 bits per heavy atom. The van der Waals surface area contributed by atoms with Gasteiger partial charge < -0.3 is 20.3 Å². The summed E-state index contributed by atoms with van der Waals surface area (Å²) in [6.45, 7) is 5.98. The zero-order chi connectivity index (χ0) is 21.0. The van der Waals surface area contributed by atoms with Crippen LogP contribution in [0.5, 0.6) is 0 Å². The van der Waals surface area contributed by atoms with Crippen LogP contribution >= 0.6 is 0 Å². The quantitative estimate of drug-likeness (QED) is 0.828. The molecule has 1 heterocycles. The summed E-state index contributed by atoms with van der Waals surface area (Å²) in [5, 5.41) is 6.50. The second-order valence-corrected chi connectivity index (χ2v) is 8.42. The van der Waals surface area contributed by atoms with Gasteiger partial charge in [-0.1, -0.05) is 42.5 Å². The smallest absolute Gasteiger partial charge is 0.407 e. The molecule has 0 aromatic heterocycles. The van der Waals surface area contributed by atoms with Crippen LogP contribution in [-0.4, -0.2) is 48.2 Å². The highest BCUT2D eigenvalue weighted by molar-refractivity contribution is 6.00. The predicted octanol–water partition coefficient (Wildman–Crippen LogP) is 3.69. The number of rotatable bonds is 4. The summed E-state index contributed by atoms with van der Waals surface area (Å²) in [5.41, 5.74) is 1.92. The van der Waals surface area contributed by atoms with Crippen LogP contribution in [0.1, 0.15) is 36.7 Å². The van der Waals surface area contributed by atoms with Gasteiger partial charge in [-0.15, -0.1) is 0 Å². The number of fused-ring (bicyclic) bond motifs is 1. The molecule has 0 saturated heterocycles. The van der Waals surface area contributed by atoms with Crippen molar-refractivity contribution in [2.45, 2.75) is 44.9 Å². The molecule has 2 aromatic carbocycles. The van der Waals surface area contributed by atoms with Crippen LogP contribution in [0, 0.1) is 0 Å². The minimum absolute atomic E-state index is 0.0358. The van der Waals surface area contributed by atoms with Gasteiger partial charge in [0.25, 0.3) is 5.91 Å². The van der Waals surface area contributed by atoms with Crippen molar-refractivity contribution in [3.8, 4) is 0 Å². The summed E-state index contributed by atoms with van der Waals surface area (Å²) in [7, 11) is 1.78. The van der Waals surface area contributed by atoms with Crippen LogP contribution in [-0.2, 0) is 11.2 Å². The molecule has 1 aliphatic rings. The summed E-state index contributed by atoms with van der Waals surface area (Å²) in [6.07, 6.45) is 0.147. The van der Waals surface area contributed by atoms with Crippen molar-refractivity contribution < 1.29 is 14.3 Å². The van der Waals surface area contributed by atoms with Crippen molar-refractivity contribution in [3.05, 3.63) is 65.7 Å². The highest BCUT2D eigenvalue weighted by atomic mass is 16.6. The Labute approximate surface area is 172 Å². The van der Waals surface area contributed by atoms with Crippen LogP contribution in [0.15, 0.2) is 54.6 Å². The Balaban J connectivity index is 1.88. The zero-order valence-electron chi connectivity index (χ0n) is 17.4. The number of carbonyl (C=O) groups is 2. The van der Waals surface area contributed by atoms with E-state index in [1.807, 2.05) is 75.4 Å². The molecular weight excluding hydrogens is 366 g/mol. The molecule has 1 aliphatic heterocycles. The lowest BCUT2D eigenvalue weighted by atomic mass is 9.98. The lowest BCUT2D eigenvalue weighted by molar-refractivity contribution is 0.0495. The van der Waals surface area contributed by atoms with E-state index in [-0.39, 0.29) is 18.0 Å². The molecule has 0 saturated carbocycles. The van der Waals surface area contributed by atoms with Gasteiger partial charge in [-0.3, -0.25) is 4.79 Å². The van der Waals surface area contributed by atoms with E-state index in [1.165, 1.54) is 0 Å². The molecule has 0 bridgehead atoms. The fourth-order valence-corrected chi connectivity index (χ4v) is 3.47. The second kappa shape index (κ2) is 8.55. The Hall–Kier alpha value is -3.02. The number of nitrogens with zero attached hydrogens (tertiary/aromatic N) is 1. The number of para-hydroxylation sites is 1. The Bertz CT molecular complexity index is 861. The van der Waals surface area contributed by atoms with Crippen molar-refractivity contribution in [3.63, 3.8) is 0 Å². The third-order valence-electron chi connectivity index (χ3n) is 4.80. The van der Waals surface area contributed by atoms with Crippen LogP contribution in [0.2, 0.25) is 0 Å². The lowest BCUT2D eigenvalue weighted by Crippen LogP contribution is -2.53. The minimum Gasteiger partial charge on any atom is -0.444 e. The number of benzene rings is 2. The van der Waals surface area contributed by atoms with E-state index in [9.17, 15) is 9.59 Å². The summed E-state index contributed by atoms with van der Waals surface area (Å²) >= 11 is 0. The molecule has 0 unspecified atom stereocenters. The first kappa shape index (κ1) is 20.7. The van der Waals surface area contributed by atoms with E-state index in [1.54, 1.807) is 11.9 Å². The van der Waals surface area contributed by atoms with Crippen molar-refractivity contribution in [1.29, 1.82) is 0 Å². The minimum atomic E-state index is -0.586. The van der Waals surface area contributed by atoms with Crippen LogP contribution in [0.3, 0.4) is 0 Å². The number of amides is 2. The molecule has 0 aliphatic carbocycles. The fraction of sp³-hybridized carbons (Fsp3) is 0.391. The Morgan fingerprint density at radius 1 is 1.17 bits per heavy atom. The molecule has 6 nitrogen and oxygen atoms in total. The zero-order valence-corrected chi connectivity index (χ0v) is 17.4. The molecular formula is C23H29N3O3. The van der Waals surface area contributed by atoms with Crippen molar-refractivity contribution in [1.82, 2.24) is 10.2 Å². The van der Waals surface area contributed by atoms with Crippen molar-refractivity contribution in [2.24, 2.45) is 0 Å². The first-order chi connectivity index (χ1) is 13.7. The van der Waals surface area contributed by atoms with Gasteiger partial charge in [0, 0.05) is 19.3 Å². The van der Waals surface area contributed by atoms with Crippen molar-refractivity contribution >= 4 is 17.7 Å². The molecule has 0 spiro atoms. The van der Waals surface area contributed by atoms with Crippen LogP contribution in [0.4, 0.5) is 10.5 Å². The molecule has 29 heavy (non-hydrogen) atoms. The predicted molar refractivity (Wildman–Crippen MR) is 114 cm³/mol. The SMILES string of the molecule is CN1C[C@H]([C@H](Cc2ccccc2)NC(=O)OC(C)(C)C)Nc2ccccc2C1=O. The Morgan fingerprint density at radius 2 is 1.83 bits per heavy atom. The number of ether oxygens (including phenoxy) is 1. The van der Waals surface area contributed by atoms with Gasteiger partial charge in [0.05, 0.1) is 17.6 Å². The second-order valence-electron chi connectivity index (χ2n) is 8.42. The summed E-state index contributed by atoms with van der Waals surface area (Å²) in [4.78, 5) is 27.0. The highest BCUT2D eigenvalue weighted by Gasteiger charge is 2.32. The van der Waals surface area contributed by atoms with Gasteiger partial charge in [-0.2, -0.15) is 0 Å². The van der Waals surface area contributed by atoms with Crippen molar-refractivity contribution in [2.75, 3.05) is 18.9 Å². The molecule has 154 valence electrons. The number of alkyl carbamates (subject to hydrolysis) is 1. The maximum atomic E-state index is 12.7. The maximum Gasteiger partial charge on any atom is 0.407 e. The average Bonchev–Trinajstić information content (AvgIpc) is 2.78. The number of anilines is 1. The molecule has 2 amide bonds. The van der Waals surface area contributed by atoms with E-state index in [2.05, 4.69) is 10.6 Å². The first-order valence-corrected chi connectivity index (χ1v) is 9.87. The molecule has 0 fully saturated rings. The Kier molecular flexibility index (Phi) is 6.11. The van der Waals surface area contributed by atoms with E-state index >= 15 is 0 Å². The summed E-state index contributed by atoms with van der Waals surface area (Å²) in [5.74, 6) is -0.0358. The molecule has 0 radical (unpaired) electrons. The fourth-order valence-electron chi connectivity index (χ4n) is 3.47. The first-order valence-electron chi connectivity index (χ1n) is 9.87. The molecule has 2 atom stereocenters. The van der Waals surface area contributed by atoms with Crippen LogP contribution in [0.25, 0.3) is 0 Å². The van der Waals surface area contributed by atoms with Gasteiger partial charge >= 0.3 is 6.09 Å². The lowest BCUT2D eigenvalue weighted by Gasteiger charge is -2.31. The number of carbonyl (C=O) groups excluding carboxylic acids is 2. The molecule has 2 aromatic rings. The normalized spacial score (nSPS) is 17.6. The molecule has 3 rings (SSSR count). The van der Waals surface area contributed by atoms with Gasteiger partial charge in [0.1, 0.15) is 5.60 Å². The third kappa shape index (κ3) is 5.50. The van der Waals surface area contributed by atoms with Gasteiger partial charge in [-0.05, 0) is 44.9 Å². The number of nitrogens with one attached hydrogen (secondary N) is 2. The standard InChI is InChI=1S/C23H29N3O3/c1-23(2,3)29-22(28)25-19(14-16-10-6-5-7-11-16)20-15-26(4)21(27)17-12-8-9-13-18(17)24-20/h5-13,19-20,24H,14-15H2,1-4H3,(H,25,28)/t19-,20+/m0/s1.